The van der Waals surface area contributed by atoms with Gasteiger partial charge >= 0.3 is 0 Å². The molecule has 2 aromatic heterocycles. The Morgan fingerprint density at radius 2 is 1.00 bits per heavy atom. The van der Waals surface area contributed by atoms with Crippen molar-refractivity contribution >= 4 is 54.3 Å². The highest BCUT2D eigenvalue weighted by atomic mass is 16.3. The van der Waals surface area contributed by atoms with Crippen molar-refractivity contribution in [1.29, 1.82) is 0 Å². The van der Waals surface area contributed by atoms with E-state index in [0.29, 0.717) is 17.6 Å². The monoisotopic (exact) mass is 663 g/mol. The molecule has 0 fully saturated rings. The Hall–Kier alpha value is -6.65. The van der Waals surface area contributed by atoms with Gasteiger partial charge in [0.05, 0.1) is 13.7 Å². The first-order chi connectivity index (χ1) is 29.4. The molecule has 0 aliphatic heterocycles. The molecule has 0 amide bonds. The van der Waals surface area contributed by atoms with Gasteiger partial charge in [0.1, 0.15) is 17.0 Å². The predicted molar refractivity (Wildman–Crippen MR) is 209 cm³/mol. The summed E-state index contributed by atoms with van der Waals surface area (Å²) in [7, 11) is 0. The van der Waals surface area contributed by atoms with Crippen molar-refractivity contribution in [1.82, 2.24) is 15.0 Å². The van der Waals surface area contributed by atoms with Crippen molar-refractivity contribution in [2.45, 2.75) is 12.8 Å². The van der Waals surface area contributed by atoms with Crippen LogP contribution >= 0.6 is 0 Å². The third-order valence-electron chi connectivity index (χ3n) is 9.34. The molecule has 2 heterocycles. The number of hydrogen-bond acceptors (Lipinski definition) is 4. The van der Waals surface area contributed by atoms with Crippen molar-refractivity contribution in [3.05, 3.63) is 186 Å². The quantitative estimate of drug-likeness (QED) is 0.166. The minimum absolute atomic E-state index is 0.0295. The Bertz CT molecular complexity index is 3330. The minimum Gasteiger partial charge on any atom is -0.456 e. The zero-order valence-corrected chi connectivity index (χ0v) is 27.0. The second-order valence-electron chi connectivity index (χ2n) is 12.4. The second-order valence-corrected chi connectivity index (χ2v) is 12.4. The Kier molecular flexibility index (Phi) is 4.90. The fourth-order valence-electron chi connectivity index (χ4n) is 7.12. The normalized spacial score (nSPS) is 14.4. The van der Waals surface area contributed by atoms with Crippen LogP contribution in [0, 0.1) is 0 Å². The first-order valence-electron chi connectivity index (χ1n) is 21.5. The molecule has 0 radical (unpaired) electrons. The van der Waals surface area contributed by atoms with Gasteiger partial charge in [-0.25, -0.2) is 15.0 Å². The number of aromatic nitrogens is 3. The molecule has 10 rings (SSSR count). The number of hydrogen-bond donors (Lipinski definition) is 0. The van der Waals surface area contributed by atoms with Gasteiger partial charge < -0.3 is 4.42 Å². The molecule has 240 valence electrons. The highest BCUT2D eigenvalue weighted by molar-refractivity contribution is 6.25. The number of fused-ring (bicyclic) bond motifs is 9. The second kappa shape index (κ2) is 12.0. The first kappa shape index (κ1) is 20.8. The van der Waals surface area contributed by atoms with Gasteiger partial charge in [0, 0.05) is 28.3 Å². The van der Waals surface area contributed by atoms with Crippen LogP contribution in [0.4, 0.5) is 0 Å². The average Bonchev–Trinajstić information content (AvgIpc) is 3.65. The number of furan rings is 1. The third-order valence-corrected chi connectivity index (χ3v) is 9.34. The van der Waals surface area contributed by atoms with Gasteiger partial charge in [-0.2, -0.15) is 0 Å². The summed E-state index contributed by atoms with van der Waals surface area (Å²) in [5.74, 6) is -0.523. The third kappa shape index (κ3) is 5.20. The molecular weight excluding hydrogens is 623 g/mol. The molecule has 0 saturated heterocycles. The molecule has 0 aliphatic rings. The molecule has 0 aliphatic carbocycles. The van der Waals surface area contributed by atoms with E-state index in [1.807, 2.05) is 24.3 Å². The minimum atomic E-state index is -0.599. The van der Waals surface area contributed by atoms with Crippen molar-refractivity contribution in [2.24, 2.45) is 0 Å². The van der Waals surface area contributed by atoms with Gasteiger partial charge in [-0.15, -0.1) is 0 Å². The molecule has 10 aromatic rings. The van der Waals surface area contributed by atoms with Crippen LogP contribution in [0.25, 0.3) is 77.0 Å². The zero-order valence-electron chi connectivity index (χ0n) is 37.0. The summed E-state index contributed by atoms with van der Waals surface area (Å²) in [6, 6.07) is 29.5. The van der Waals surface area contributed by atoms with Crippen molar-refractivity contribution < 1.29 is 18.1 Å². The van der Waals surface area contributed by atoms with E-state index < -0.39 is 60.4 Å². The summed E-state index contributed by atoms with van der Waals surface area (Å²) in [5, 5.41) is 8.87. The summed E-state index contributed by atoms with van der Waals surface area (Å²) in [6.45, 7) is 0. The Morgan fingerprint density at radius 3 is 1.63 bits per heavy atom. The van der Waals surface area contributed by atoms with E-state index >= 15 is 0 Å². The average molecular weight is 664 g/mol. The molecular formula is C47H31N3O. The van der Waals surface area contributed by atoms with Gasteiger partial charge in [-0.1, -0.05) is 145 Å². The SMILES string of the molecule is [2H]c1c([2H])c([2H])c(-c2nc(Cc3cccc4oc5ccc(Cc6ccc7c8ccccc8c8ccccc8c7c6)cc5c34)nc(-c3c([2H])c([2H])c([2H])c([2H])c3[2H])n2)c([2H])c1[2H]. The van der Waals surface area contributed by atoms with E-state index in [1.54, 1.807) is 0 Å². The van der Waals surface area contributed by atoms with E-state index in [-0.39, 0.29) is 35.0 Å². The van der Waals surface area contributed by atoms with Crippen molar-refractivity contribution in [3.63, 3.8) is 0 Å². The highest BCUT2D eigenvalue weighted by Crippen LogP contribution is 2.37. The van der Waals surface area contributed by atoms with E-state index in [2.05, 4.69) is 93.8 Å². The molecule has 8 aromatic carbocycles. The Labute approximate surface area is 308 Å². The lowest BCUT2D eigenvalue weighted by Gasteiger charge is -2.12. The van der Waals surface area contributed by atoms with Gasteiger partial charge in [-0.3, -0.25) is 0 Å². The largest absolute Gasteiger partial charge is 0.456 e. The maximum absolute atomic E-state index is 8.66. The lowest BCUT2D eigenvalue weighted by Crippen LogP contribution is -2.04. The van der Waals surface area contributed by atoms with Gasteiger partial charge in [-0.05, 0) is 73.6 Å². The van der Waals surface area contributed by atoms with Crippen LogP contribution in [0.3, 0.4) is 0 Å². The summed E-state index contributed by atoms with van der Waals surface area (Å²) in [5.41, 5.74) is 3.59. The maximum Gasteiger partial charge on any atom is 0.163 e. The fraction of sp³-hybridized carbons (Fsp3) is 0.0426. The van der Waals surface area contributed by atoms with E-state index in [0.717, 1.165) is 27.5 Å². The van der Waals surface area contributed by atoms with E-state index in [1.165, 1.54) is 32.3 Å². The molecule has 0 atom stereocenters. The lowest BCUT2D eigenvalue weighted by atomic mass is 9.92. The molecule has 0 saturated carbocycles. The van der Waals surface area contributed by atoms with Gasteiger partial charge in [0.15, 0.2) is 11.6 Å². The summed E-state index contributed by atoms with van der Waals surface area (Å²) >= 11 is 0. The molecule has 4 heteroatoms. The van der Waals surface area contributed by atoms with Crippen LogP contribution in [-0.4, -0.2) is 15.0 Å². The Morgan fingerprint density at radius 1 is 0.451 bits per heavy atom. The molecule has 0 spiro atoms. The summed E-state index contributed by atoms with van der Waals surface area (Å²) < 4.78 is 90.4. The van der Waals surface area contributed by atoms with Crippen LogP contribution in [-0.2, 0) is 12.8 Å². The molecule has 0 bridgehead atoms. The highest BCUT2D eigenvalue weighted by Gasteiger charge is 2.16. The molecule has 4 nitrogen and oxygen atoms in total. The Balaban J connectivity index is 1.10. The van der Waals surface area contributed by atoms with Crippen LogP contribution in [0.15, 0.2) is 168 Å². The smallest absolute Gasteiger partial charge is 0.163 e. The number of benzene rings is 8. The van der Waals surface area contributed by atoms with Gasteiger partial charge in [0.2, 0.25) is 0 Å². The zero-order chi connectivity index (χ0) is 42.4. The standard InChI is InChI=1S/C47H31N3O/c1-3-12-32(13-4-1)46-48-44(49-47(50-46)33-14-5-2-6-15-33)29-34-16-11-21-43-45(34)41-28-31(23-25-42(41)51-43)26-30-22-24-39-37-19-8-7-17-35(37)36-18-9-10-20-38(36)40(39)27-30/h1-25,27-28H,26,29H2/i1D,2D,3D,4D,5D,6D,12D,13D,14D,15D. The first-order valence-corrected chi connectivity index (χ1v) is 16.5. The summed E-state index contributed by atoms with van der Waals surface area (Å²) in [6.07, 6.45) is 0.680. The maximum atomic E-state index is 8.66. The van der Waals surface area contributed by atoms with E-state index in [9.17, 15) is 0 Å². The van der Waals surface area contributed by atoms with Crippen LogP contribution in [0.2, 0.25) is 0 Å². The van der Waals surface area contributed by atoms with Crippen LogP contribution in [0.5, 0.6) is 0 Å². The molecule has 51 heavy (non-hydrogen) atoms. The van der Waals surface area contributed by atoms with E-state index in [4.69, 9.17) is 18.1 Å². The predicted octanol–water partition coefficient (Wildman–Crippen LogP) is 11.7. The summed E-state index contributed by atoms with van der Waals surface area (Å²) in [4.78, 5) is 13.6. The fourth-order valence-corrected chi connectivity index (χ4v) is 7.12. The van der Waals surface area contributed by atoms with Crippen LogP contribution < -0.4 is 0 Å². The number of nitrogens with zero attached hydrogens (tertiary/aromatic N) is 3. The van der Waals surface area contributed by atoms with Crippen molar-refractivity contribution in [3.8, 4) is 22.8 Å². The van der Waals surface area contributed by atoms with Crippen molar-refractivity contribution in [2.75, 3.05) is 0 Å². The van der Waals surface area contributed by atoms with Gasteiger partial charge in [0.25, 0.3) is 0 Å². The lowest BCUT2D eigenvalue weighted by molar-refractivity contribution is 0.668. The molecule has 0 unspecified atom stereocenters. The topological polar surface area (TPSA) is 51.8 Å². The van der Waals surface area contributed by atoms with Crippen LogP contribution in [0.1, 0.15) is 36.2 Å². The number of rotatable bonds is 6. The molecule has 0 N–H and O–H groups in total.